The van der Waals surface area contributed by atoms with Crippen molar-refractivity contribution in [2.45, 2.75) is 51.0 Å². The highest BCUT2D eigenvalue weighted by Gasteiger charge is 2.37. The molecule has 0 radical (unpaired) electrons. The van der Waals surface area contributed by atoms with E-state index < -0.39 is 5.92 Å². The molecule has 1 aliphatic carbocycles. The molecule has 1 aromatic carbocycles. The summed E-state index contributed by atoms with van der Waals surface area (Å²) in [7, 11) is 0. The van der Waals surface area contributed by atoms with Gasteiger partial charge in [-0.25, -0.2) is 13.2 Å². The first-order valence-corrected chi connectivity index (χ1v) is 7.38. The number of halogens is 3. The highest BCUT2D eigenvalue weighted by Crippen LogP contribution is 2.41. The molecule has 1 fully saturated rings. The van der Waals surface area contributed by atoms with E-state index in [4.69, 9.17) is 0 Å². The second-order valence-electron chi connectivity index (χ2n) is 5.68. The van der Waals surface area contributed by atoms with Gasteiger partial charge in [0.25, 0.3) is 0 Å². The maximum atomic E-state index is 13.4. The highest BCUT2D eigenvalue weighted by atomic mass is 19.3. The third kappa shape index (κ3) is 3.98. The topological polar surface area (TPSA) is 12.0 Å². The van der Waals surface area contributed by atoms with Gasteiger partial charge in [-0.2, -0.15) is 0 Å². The molecule has 0 aliphatic heterocycles. The first kappa shape index (κ1) is 15.4. The Bertz CT molecular complexity index is 423. The Balaban J connectivity index is 2.11. The van der Waals surface area contributed by atoms with Crippen molar-refractivity contribution < 1.29 is 13.2 Å². The van der Waals surface area contributed by atoms with Gasteiger partial charge in [-0.1, -0.05) is 19.1 Å². The zero-order valence-corrected chi connectivity index (χ0v) is 11.8. The molecule has 1 atom stereocenters. The summed E-state index contributed by atoms with van der Waals surface area (Å²) in [6, 6.07) is 6.46. The number of benzene rings is 1. The SMILES string of the molecule is CCCNC(c1cccc(F)c1)C1CCC(F)(F)CC1. The van der Waals surface area contributed by atoms with Crippen molar-refractivity contribution in [1.29, 1.82) is 0 Å². The van der Waals surface area contributed by atoms with Crippen LogP contribution in [0, 0.1) is 11.7 Å². The van der Waals surface area contributed by atoms with Gasteiger partial charge in [0.15, 0.2) is 0 Å². The summed E-state index contributed by atoms with van der Waals surface area (Å²) >= 11 is 0. The van der Waals surface area contributed by atoms with Gasteiger partial charge in [-0.05, 0) is 49.4 Å². The molecule has 1 nitrogen and oxygen atoms in total. The maximum absolute atomic E-state index is 13.4. The van der Waals surface area contributed by atoms with Crippen LogP contribution >= 0.6 is 0 Å². The van der Waals surface area contributed by atoms with E-state index in [0.717, 1.165) is 18.5 Å². The van der Waals surface area contributed by atoms with Crippen molar-refractivity contribution >= 4 is 0 Å². The lowest BCUT2D eigenvalue weighted by Crippen LogP contribution is -2.34. The summed E-state index contributed by atoms with van der Waals surface area (Å²) in [5.41, 5.74) is 0.869. The largest absolute Gasteiger partial charge is 0.310 e. The number of alkyl halides is 2. The molecule has 2 rings (SSSR count). The van der Waals surface area contributed by atoms with Gasteiger partial charge in [-0.3, -0.25) is 0 Å². The fraction of sp³-hybridized carbons (Fsp3) is 0.625. The monoisotopic (exact) mass is 285 g/mol. The minimum absolute atomic E-state index is 0.0262. The number of rotatable bonds is 5. The quantitative estimate of drug-likeness (QED) is 0.827. The third-order valence-corrected chi connectivity index (χ3v) is 4.06. The van der Waals surface area contributed by atoms with Crippen LogP contribution in [0.2, 0.25) is 0 Å². The molecule has 20 heavy (non-hydrogen) atoms. The van der Waals surface area contributed by atoms with E-state index in [1.54, 1.807) is 6.07 Å². The summed E-state index contributed by atoms with van der Waals surface area (Å²) in [5, 5.41) is 3.40. The van der Waals surface area contributed by atoms with Crippen LogP contribution in [0.5, 0.6) is 0 Å². The van der Waals surface area contributed by atoms with E-state index in [9.17, 15) is 13.2 Å². The Morgan fingerprint density at radius 3 is 2.60 bits per heavy atom. The summed E-state index contributed by atoms with van der Waals surface area (Å²) in [6.07, 6.45) is 1.83. The smallest absolute Gasteiger partial charge is 0.248 e. The Labute approximate surface area is 118 Å². The minimum atomic E-state index is -2.52. The molecule has 0 spiro atoms. The predicted octanol–water partition coefficient (Wildman–Crippen LogP) is 4.69. The van der Waals surface area contributed by atoms with Gasteiger partial charge < -0.3 is 5.32 Å². The van der Waals surface area contributed by atoms with Gasteiger partial charge in [0.05, 0.1) is 0 Å². The van der Waals surface area contributed by atoms with Crippen LogP contribution in [0.1, 0.15) is 50.6 Å². The molecular formula is C16H22F3N. The van der Waals surface area contributed by atoms with Crippen LogP contribution in [0.25, 0.3) is 0 Å². The van der Waals surface area contributed by atoms with Gasteiger partial charge in [0.2, 0.25) is 5.92 Å². The predicted molar refractivity (Wildman–Crippen MR) is 74.3 cm³/mol. The molecule has 112 valence electrons. The molecule has 0 amide bonds. The average Bonchev–Trinajstić information content (AvgIpc) is 2.41. The zero-order valence-electron chi connectivity index (χ0n) is 11.8. The summed E-state index contributed by atoms with van der Waals surface area (Å²) in [5.74, 6) is -2.64. The molecule has 1 unspecified atom stereocenters. The van der Waals surface area contributed by atoms with Crippen molar-refractivity contribution in [3.8, 4) is 0 Å². The van der Waals surface area contributed by atoms with E-state index >= 15 is 0 Å². The molecule has 1 N–H and O–H groups in total. The molecule has 1 saturated carbocycles. The van der Waals surface area contributed by atoms with Gasteiger partial charge in [0, 0.05) is 18.9 Å². The van der Waals surface area contributed by atoms with Crippen molar-refractivity contribution in [3.63, 3.8) is 0 Å². The number of nitrogens with one attached hydrogen (secondary N) is 1. The minimum Gasteiger partial charge on any atom is -0.310 e. The summed E-state index contributed by atoms with van der Waals surface area (Å²) < 4.78 is 40.0. The number of hydrogen-bond acceptors (Lipinski definition) is 1. The van der Waals surface area contributed by atoms with Crippen LogP contribution in [0.15, 0.2) is 24.3 Å². The Morgan fingerprint density at radius 2 is 2.00 bits per heavy atom. The molecular weight excluding hydrogens is 263 g/mol. The fourth-order valence-electron chi connectivity index (χ4n) is 2.95. The van der Waals surface area contributed by atoms with Gasteiger partial charge in [0.1, 0.15) is 5.82 Å². The van der Waals surface area contributed by atoms with Crippen molar-refractivity contribution in [3.05, 3.63) is 35.6 Å². The van der Waals surface area contributed by atoms with Crippen LogP contribution in [-0.4, -0.2) is 12.5 Å². The number of hydrogen-bond donors (Lipinski definition) is 1. The first-order valence-electron chi connectivity index (χ1n) is 7.38. The van der Waals surface area contributed by atoms with Crippen LogP contribution in [0.4, 0.5) is 13.2 Å². The van der Waals surface area contributed by atoms with Crippen LogP contribution in [0.3, 0.4) is 0 Å². The second kappa shape index (κ2) is 6.61. The molecule has 0 saturated heterocycles. The Kier molecular flexibility index (Phi) is 5.08. The molecule has 1 aromatic rings. The Morgan fingerprint density at radius 1 is 1.30 bits per heavy atom. The molecule has 0 aromatic heterocycles. The normalized spacial score (nSPS) is 20.8. The van der Waals surface area contributed by atoms with E-state index in [1.807, 2.05) is 6.07 Å². The average molecular weight is 285 g/mol. The molecule has 0 heterocycles. The standard InChI is InChI=1S/C16H22F3N/c1-2-10-20-15(13-4-3-5-14(17)11-13)12-6-8-16(18,19)9-7-12/h3-5,11-12,15,20H,2,6-10H2,1H3. The maximum Gasteiger partial charge on any atom is 0.248 e. The van der Waals surface area contributed by atoms with Crippen molar-refractivity contribution in [1.82, 2.24) is 5.32 Å². The molecule has 1 aliphatic rings. The van der Waals surface area contributed by atoms with Crippen LogP contribution in [-0.2, 0) is 0 Å². The fourth-order valence-corrected chi connectivity index (χ4v) is 2.95. The van der Waals surface area contributed by atoms with Gasteiger partial charge in [-0.15, -0.1) is 0 Å². The lowest BCUT2D eigenvalue weighted by atomic mass is 9.79. The van der Waals surface area contributed by atoms with E-state index in [1.165, 1.54) is 12.1 Å². The zero-order chi connectivity index (χ0) is 14.6. The van der Waals surface area contributed by atoms with E-state index in [0.29, 0.717) is 12.8 Å². The Hall–Kier alpha value is -1.03. The van der Waals surface area contributed by atoms with Crippen LogP contribution < -0.4 is 5.32 Å². The van der Waals surface area contributed by atoms with Crippen molar-refractivity contribution in [2.75, 3.05) is 6.54 Å². The van der Waals surface area contributed by atoms with E-state index in [-0.39, 0.29) is 30.6 Å². The first-order chi connectivity index (χ1) is 9.52. The third-order valence-electron chi connectivity index (χ3n) is 4.06. The molecule has 0 bridgehead atoms. The highest BCUT2D eigenvalue weighted by molar-refractivity contribution is 5.21. The van der Waals surface area contributed by atoms with Crippen molar-refractivity contribution in [2.24, 2.45) is 5.92 Å². The van der Waals surface area contributed by atoms with Gasteiger partial charge >= 0.3 is 0 Å². The van der Waals surface area contributed by atoms with E-state index in [2.05, 4.69) is 12.2 Å². The lowest BCUT2D eigenvalue weighted by molar-refractivity contribution is -0.0497. The molecule has 4 heteroatoms. The second-order valence-corrected chi connectivity index (χ2v) is 5.68. The summed E-state index contributed by atoms with van der Waals surface area (Å²) in [6.45, 7) is 2.87. The summed E-state index contributed by atoms with van der Waals surface area (Å²) in [4.78, 5) is 0. The lowest BCUT2D eigenvalue weighted by Gasteiger charge is -2.34.